The molecule has 11 heteroatoms. The van der Waals surface area contributed by atoms with E-state index in [0.717, 1.165) is 0 Å². The van der Waals surface area contributed by atoms with Crippen molar-refractivity contribution in [1.29, 1.82) is 0 Å². The Kier molecular flexibility index (Phi) is 7.98. The second-order valence-corrected chi connectivity index (χ2v) is 10.2. The maximum absolute atomic E-state index is 12.5. The van der Waals surface area contributed by atoms with Gasteiger partial charge in [-0.3, -0.25) is 0 Å². The smallest absolute Gasteiger partial charge is 0.385 e. The van der Waals surface area contributed by atoms with Crippen LogP contribution in [0.5, 0.6) is 51.7 Å². The summed E-state index contributed by atoms with van der Waals surface area (Å²) in [6.45, 7) is 0. The van der Waals surface area contributed by atoms with Crippen LogP contribution in [-0.4, -0.2) is 0 Å². The fourth-order valence-corrected chi connectivity index (χ4v) is 4.13. The molecular weight excluding hydrogens is 543 g/mol. The fourth-order valence-electron chi connectivity index (χ4n) is 3.69. The number of ether oxygens (including phenoxy) is 4. The first-order chi connectivity index (χ1) is 19.7. The molecule has 0 unspecified atom stereocenters. The Bertz CT molecular complexity index is 1660. The molecule has 10 nitrogen and oxygen atoms in total. The molecule has 5 rings (SSSR count). The van der Waals surface area contributed by atoms with Crippen molar-refractivity contribution in [1.82, 2.24) is 0 Å². The van der Waals surface area contributed by atoms with Crippen LogP contribution in [0.1, 0.15) is 0 Å². The van der Waals surface area contributed by atoms with Gasteiger partial charge in [0, 0.05) is 17.4 Å². The molecule has 0 heterocycles. The van der Waals surface area contributed by atoms with Gasteiger partial charge in [-0.05, 0) is 72.8 Å². The zero-order chi connectivity index (χ0) is 28.8. The van der Waals surface area contributed by atoms with Crippen molar-refractivity contribution >= 4 is 19.0 Å². The van der Waals surface area contributed by atoms with Gasteiger partial charge < -0.3 is 34.9 Å². The molecule has 0 atom stereocenters. The molecule has 0 aromatic heterocycles. The van der Waals surface area contributed by atoms with Gasteiger partial charge in [0.05, 0.1) is 0 Å². The number of rotatable bonds is 10. The van der Waals surface area contributed by atoms with Crippen molar-refractivity contribution in [3.63, 3.8) is 0 Å². The van der Waals surface area contributed by atoms with Crippen LogP contribution < -0.4 is 45.9 Å². The molecule has 0 bridgehead atoms. The summed E-state index contributed by atoms with van der Waals surface area (Å²) < 4.78 is 43.1. The van der Waals surface area contributed by atoms with Crippen molar-refractivity contribution < 1.29 is 28.0 Å². The van der Waals surface area contributed by atoms with Gasteiger partial charge in [-0.25, -0.2) is 15.6 Å². The molecule has 0 radical (unpaired) electrons. The van der Waals surface area contributed by atoms with Gasteiger partial charge in [0.15, 0.2) is 11.5 Å². The molecular formula is C30H27N4O6P. The number of para-hydroxylation sites is 2. The molecule has 0 spiro atoms. The summed E-state index contributed by atoms with van der Waals surface area (Å²) in [4.78, 5) is 0. The summed E-state index contributed by atoms with van der Waals surface area (Å²) in [6.07, 6.45) is 0. The third-order valence-corrected chi connectivity index (χ3v) is 5.98. The first kappa shape index (κ1) is 27.4. The number of hydrogen-bond acceptors (Lipinski definition) is 8. The Labute approximate surface area is 236 Å². The van der Waals surface area contributed by atoms with Crippen LogP contribution >= 0.6 is 7.67 Å². The van der Waals surface area contributed by atoms with E-state index < -0.39 is 7.67 Å². The van der Waals surface area contributed by atoms with Gasteiger partial charge in [-0.2, -0.15) is 0 Å². The summed E-state index contributed by atoms with van der Waals surface area (Å²) >= 11 is 0. The third-order valence-electron chi connectivity index (χ3n) is 5.50. The Morgan fingerprint density at radius 2 is 0.854 bits per heavy atom. The number of anilines is 2. The maximum Gasteiger partial charge on any atom is 0.385 e. The highest BCUT2D eigenvalue weighted by molar-refractivity contribution is 7.54. The monoisotopic (exact) mass is 570 g/mol. The lowest BCUT2D eigenvalue weighted by molar-refractivity contribution is 0.356. The molecule has 0 aliphatic carbocycles. The first-order valence-corrected chi connectivity index (χ1v) is 14.1. The van der Waals surface area contributed by atoms with E-state index >= 15 is 0 Å². The largest absolute Gasteiger partial charge is 0.453 e. The van der Waals surface area contributed by atoms with Crippen molar-refractivity contribution in [2.24, 2.45) is 11.0 Å². The van der Waals surface area contributed by atoms with Crippen molar-refractivity contribution in [3.05, 3.63) is 115 Å². The SMILES string of the molecule is Nc1ccc(Oc2c(Oc3ccccc3)cc(OP(N)(N)=O)c(Oc3ccccc3)c2Oc2ccc(N)cc2)cc1. The molecule has 8 N–H and O–H groups in total. The van der Waals surface area contributed by atoms with Crippen LogP contribution in [0.25, 0.3) is 0 Å². The van der Waals surface area contributed by atoms with Crippen molar-refractivity contribution in [2.45, 2.75) is 0 Å². The lowest BCUT2D eigenvalue weighted by Crippen LogP contribution is -2.11. The topological polar surface area (TPSA) is 167 Å². The van der Waals surface area contributed by atoms with Crippen molar-refractivity contribution in [2.75, 3.05) is 11.5 Å². The number of hydrogen-bond donors (Lipinski definition) is 4. The number of nitrogens with two attached hydrogens (primary N) is 4. The second kappa shape index (κ2) is 11.9. The highest BCUT2D eigenvalue weighted by Crippen LogP contribution is 2.56. The normalized spacial score (nSPS) is 11.0. The van der Waals surface area contributed by atoms with Crippen LogP contribution in [-0.2, 0) is 4.57 Å². The fraction of sp³-hybridized carbons (Fsp3) is 0. The minimum absolute atomic E-state index is 0.0185. The van der Waals surface area contributed by atoms with E-state index in [0.29, 0.717) is 34.4 Å². The first-order valence-electron chi connectivity index (χ1n) is 12.3. The van der Waals surface area contributed by atoms with Gasteiger partial charge in [0.25, 0.3) is 0 Å². The van der Waals surface area contributed by atoms with E-state index in [2.05, 4.69) is 0 Å². The highest BCUT2D eigenvalue weighted by atomic mass is 31.2. The van der Waals surface area contributed by atoms with E-state index in [1.54, 1.807) is 97.1 Å². The predicted octanol–water partition coefficient (Wildman–Crippen LogP) is 7.42. The molecule has 0 amide bonds. The van der Waals surface area contributed by atoms with Crippen LogP contribution in [0.3, 0.4) is 0 Å². The predicted molar refractivity (Wildman–Crippen MR) is 158 cm³/mol. The average Bonchev–Trinajstić information content (AvgIpc) is 2.95. The molecule has 0 saturated heterocycles. The van der Waals surface area contributed by atoms with Gasteiger partial charge in [0.1, 0.15) is 23.0 Å². The third kappa shape index (κ3) is 7.28. The Balaban J connectivity index is 1.76. The zero-order valence-electron chi connectivity index (χ0n) is 21.7. The minimum Gasteiger partial charge on any atom is -0.453 e. The van der Waals surface area contributed by atoms with Crippen LogP contribution in [0.2, 0.25) is 0 Å². The molecule has 5 aromatic rings. The lowest BCUT2D eigenvalue weighted by atomic mass is 10.2. The lowest BCUT2D eigenvalue weighted by Gasteiger charge is -2.23. The number of benzene rings is 5. The standard InChI is InChI=1S/C30H27N4O6P/c31-20-11-15-24(16-12-20)38-28-26(36-22-7-3-1-4-8-22)19-27(40-41(33,34)35)29(37-23-9-5-2-6-10-23)30(28)39-25-17-13-21(32)14-18-25/h1-19H,31-32H2,(H4,33,34,35). The summed E-state index contributed by atoms with van der Waals surface area (Å²) in [7, 11) is -4.08. The molecule has 208 valence electrons. The molecule has 0 saturated carbocycles. The Hall–Kier alpha value is -5.15. The van der Waals surface area contributed by atoms with Gasteiger partial charge in [0.2, 0.25) is 17.2 Å². The summed E-state index contributed by atoms with van der Waals surface area (Å²) in [6, 6.07) is 32.6. The summed E-state index contributed by atoms with van der Waals surface area (Å²) in [5.74, 6) is 1.82. The molecule has 41 heavy (non-hydrogen) atoms. The summed E-state index contributed by atoms with van der Waals surface area (Å²) in [5.41, 5.74) is 24.1. The van der Waals surface area contributed by atoms with Gasteiger partial charge >= 0.3 is 7.67 Å². The van der Waals surface area contributed by atoms with Gasteiger partial charge in [-0.1, -0.05) is 36.4 Å². The molecule has 0 aliphatic rings. The van der Waals surface area contributed by atoms with Crippen LogP contribution in [0.4, 0.5) is 11.4 Å². The Morgan fingerprint density at radius 1 is 0.463 bits per heavy atom. The van der Waals surface area contributed by atoms with E-state index in [9.17, 15) is 4.57 Å². The maximum atomic E-state index is 12.5. The molecule has 5 aromatic carbocycles. The van der Waals surface area contributed by atoms with Crippen molar-refractivity contribution in [3.8, 4) is 51.7 Å². The summed E-state index contributed by atoms with van der Waals surface area (Å²) in [5, 5.41) is 0. The highest BCUT2D eigenvalue weighted by Gasteiger charge is 2.29. The molecule has 0 aliphatic heterocycles. The zero-order valence-corrected chi connectivity index (χ0v) is 22.6. The van der Waals surface area contributed by atoms with E-state index in [1.165, 1.54) is 6.07 Å². The van der Waals surface area contributed by atoms with Crippen LogP contribution in [0, 0.1) is 0 Å². The van der Waals surface area contributed by atoms with E-state index in [4.69, 9.17) is 45.9 Å². The Morgan fingerprint density at radius 3 is 1.32 bits per heavy atom. The van der Waals surface area contributed by atoms with E-state index in [1.807, 2.05) is 12.1 Å². The minimum atomic E-state index is -4.08. The van der Waals surface area contributed by atoms with Crippen LogP contribution in [0.15, 0.2) is 115 Å². The quantitative estimate of drug-likeness (QED) is 0.0979. The average molecular weight is 571 g/mol. The second-order valence-electron chi connectivity index (χ2n) is 8.77. The van der Waals surface area contributed by atoms with Gasteiger partial charge in [-0.15, -0.1) is 0 Å². The number of nitrogen functional groups attached to an aromatic ring is 2. The van der Waals surface area contributed by atoms with E-state index in [-0.39, 0.29) is 28.7 Å². The molecule has 0 fully saturated rings.